The Hall–Kier alpha value is -0.950. The molecule has 2 aromatic heterocycles. The lowest BCUT2D eigenvalue weighted by atomic mass is 10.0. The average Bonchev–Trinajstić information content (AvgIpc) is 2.92. The summed E-state index contributed by atoms with van der Waals surface area (Å²) in [5, 5.41) is 2.15. The fourth-order valence-electron chi connectivity index (χ4n) is 2.90. The zero-order valence-corrected chi connectivity index (χ0v) is 13.2. The van der Waals surface area contributed by atoms with Crippen LogP contribution in [-0.2, 0) is 11.2 Å². The largest absolute Gasteiger partial charge is 0.379 e. The first-order chi connectivity index (χ1) is 9.49. The zero-order valence-electron chi connectivity index (χ0n) is 12.3. The molecule has 2 aromatic rings. The lowest BCUT2D eigenvalue weighted by Gasteiger charge is -2.40. The van der Waals surface area contributed by atoms with Gasteiger partial charge >= 0.3 is 0 Å². The van der Waals surface area contributed by atoms with E-state index in [9.17, 15) is 0 Å². The number of hydrogen-bond donors (Lipinski definition) is 1. The average molecular weight is 294 g/mol. The molecule has 1 atom stereocenters. The van der Waals surface area contributed by atoms with Crippen molar-refractivity contribution in [2.24, 2.45) is 5.73 Å². The Morgan fingerprint density at radius 2 is 2.10 bits per heavy atom. The summed E-state index contributed by atoms with van der Waals surface area (Å²) in [4.78, 5) is 8.03. The lowest BCUT2D eigenvalue weighted by Crippen LogP contribution is -2.58. The molecule has 0 aliphatic carbocycles. The number of aryl methyl sites for hydroxylation is 2. The minimum atomic E-state index is -0.362. The second-order valence-corrected chi connectivity index (χ2v) is 6.61. The van der Waals surface area contributed by atoms with Gasteiger partial charge in [-0.2, -0.15) is 0 Å². The summed E-state index contributed by atoms with van der Waals surface area (Å²) in [5.41, 5.74) is 9.79. The van der Waals surface area contributed by atoms with E-state index in [0.29, 0.717) is 0 Å². The number of rotatable bonds is 3. The van der Waals surface area contributed by atoms with E-state index in [4.69, 9.17) is 10.5 Å². The summed E-state index contributed by atoms with van der Waals surface area (Å²) >= 11 is 1.69. The minimum Gasteiger partial charge on any atom is -0.379 e. The molecule has 0 amide bonds. The summed E-state index contributed by atoms with van der Waals surface area (Å²) in [6.45, 7) is 9.64. The number of nitrogens with zero attached hydrogens (tertiary/aromatic N) is 3. The van der Waals surface area contributed by atoms with Gasteiger partial charge in [-0.3, -0.25) is 9.30 Å². The molecule has 6 heteroatoms. The van der Waals surface area contributed by atoms with Crippen molar-refractivity contribution in [3.63, 3.8) is 0 Å². The van der Waals surface area contributed by atoms with E-state index in [1.54, 1.807) is 11.3 Å². The van der Waals surface area contributed by atoms with E-state index >= 15 is 0 Å². The van der Waals surface area contributed by atoms with Gasteiger partial charge in [-0.15, -0.1) is 11.3 Å². The Morgan fingerprint density at radius 3 is 2.80 bits per heavy atom. The highest BCUT2D eigenvalue weighted by Crippen LogP contribution is 2.25. The number of morpholine rings is 1. The van der Waals surface area contributed by atoms with Crippen molar-refractivity contribution in [3.05, 3.63) is 22.5 Å². The van der Waals surface area contributed by atoms with Gasteiger partial charge in [0.25, 0.3) is 0 Å². The molecular weight excluding hydrogens is 272 g/mol. The SMILES string of the molecule is Cc1nc2scc(C)n2c1CC(C)(N)N1CCOCC1. The summed E-state index contributed by atoms with van der Waals surface area (Å²) in [6.07, 6.45) is 0.803. The molecule has 3 heterocycles. The van der Waals surface area contributed by atoms with Crippen LogP contribution in [0.2, 0.25) is 0 Å². The smallest absolute Gasteiger partial charge is 0.194 e. The summed E-state index contributed by atoms with van der Waals surface area (Å²) in [5.74, 6) is 0. The molecule has 2 N–H and O–H groups in total. The maximum atomic E-state index is 6.59. The molecular formula is C14H22N4OS. The van der Waals surface area contributed by atoms with Gasteiger partial charge in [-0.1, -0.05) is 0 Å². The van der Waals surface area contributed by atoms with Gasteiger partial charge in [-0.25, -0.2) is 4.98 Å². The second kappa shape index (κ2) is 5.11. The Kier molecular flexibility index (Phi) is 3.58. The number of thiazole rings is 1. The van der Waals surface area contributed by atoms with Crippen LogP contribution in [0.25, 0.3) is 4.96 Å². The number of fused-ring (bicyclic) bond motifs is 1. The molecule has 0 bridgehead atoms. The highest BCUT2D eigenvalue weighted by atomic mass is 32.1. The van der Waals surface area contributed by atoms with Crippen LogP contribution >= 0.6 is 11.3 Å². The summed E-state index contributed by atoms with van der Waals surface area (Å²) < 4.78 is 7.66. The van der Waals surface area contributed by atoms with Crippen molar-refractivity contribution in [1.29, 1.82) is 0 Å². The number of hydrogen-bond acceptors (Lipinski definition) is 5. The minimum absolute atomic E-state index is 0.362. The number of ether oxygens (including phenoxy) is 1. The van der Waals surface area contributed by atoms with Crippen LogP contribution in [-0.4, -0.2) is 46.3 Å². The molecule has 3 rings (SSSR count). The van der Waals surface area contributed by atoms with Crippen LogP contribution in [0, 0.1) is 13.8 Å². The molecule has 1 fully saturated rings. The van der Waals surface area contributed by atoms with Crippen molar-refractivity contribution in [2.45, 2.75) is 32.9 Å². The number of nitrogens with two attached hydrogens (primary N) is 1. The Labute approximate surface area is 123 Å². The van der Waals surface area contributed by atoms with Gasteiger partial charge in [0, 0.05) is 36.3 Å². The second-order valence-electron chi connectivity index (χ2n) is 5.77. The van der Waals surface area contributed by atoms with Crippen LogP contribution in [0.4, 0.5) is 0 Å². The van der Waals surface area contributed by atoms with Crippen molar-refractivity contribution in [2.75, 3.05) is 26.3 Å². The molecule has 1 aliphatic heterocycles. The predicted octanol–water partition coefficient (Wildman–Crippen LogP) is 1.56. The third-order valence-corrected chi connectivity index (χ3v) is 5.03. The van der Waals surface area contributed by atoms with Crippen LogP contribution in [0.3, 0.4) is 0 Å². The maximum Gasteiger partial charge on any atom is 0.194 e. The van der Waals surface area contributed by atoms with E-state index in [1.807, 2.05) is 0 Å². The highest BCUT2D eigenvalue weighted by Gasteiger charge is 2.31. The molecule has 1 unspecified atom stereocenters. The topological polar surface area (TPSA) is 55.8 Å². The van der Waals surface area contributed by atoms with Gasteiger partial charge in [-0.05, 0) is 20.8 Å². The Morgan fingerprint density at radius 1 is 1.40 bits per heavy atom. The normalized spacial score (nSPS) is 20.4. The number of imidazole rings is 1. The fraction of sp³-hybridized carbons (Fsp3) is 0.643. The zero-order chi connectivity index (χ0) is 14.3. The van der Waals surface area contributed by atoms with Gasteiger partial charge in [0.15, 0.2) is 4.96 Å². The molecule has 0 aromatic carbocycles. The maximum absolute atomic E-state index is 6.59. The van der Waals surface area contributed by atoms with Gasteiger partial charge in [0.2, 0.25) is 0 Å². The highest BCUT2D eigenvalue weighted by molar-refractivity contribution is 7.15. The van der Waals surface area contributed by atoms with Crippen LogP contribution in [0.5, 0.6) is 0 Å². The van der Waals surface area contributed by atoms with Crippen LogP contribution in [0.15, 0.2) is 5.38 Å². The third-order valence-electron chi connectivity index (χ3n) is 4.09. The van der Waals surface area contributed by atoms with Crippen LogP contribution < -0.4 is 5.73 Å². The lowest BCUT2D eigenvalue weighted by molar-refractivity contribution is -0.0146. The molecule has 1 aliphatic rings. The first-order valence-electron chi connectivity index (χ1n) is 7.03. The van der Waals surface area contributed by atoms with Crippen molar-refractivity contribution < 1.29 is 4.74 Å². The predicted molar refractivity (Wildman–Crippen MR) is 81.2 cm³/mol. The Bertz CT molecular complexity index is 610. The first kappa shape index (κ1) is 14.0. The molecule has 0 saturated carbocycles. The first-order valence-corrected chi connectivity index (χ1v) is 7.91. The number of aromatic nitrogens is 2. The fourth-order valence-corrected chi connectivity index (χ4v) is 3.83. The monoisotopic (exact) mass is 294 g/mol. The van der Waals surface area contributed by atoms with E-state index in [1.165, 1.54) is 11.4 Å². The quantitative estimate of drug-likeness (QED) is 0.933. The molecule has 1 saturated heterocycles. The van der Waals surface area contributed by atoms with Crippen LogP contribution in [0.1, 0.15) is 24.0 Å². The van der Waals surface area contributed by atoms with E-state index < -0.39 is 0 Å². The molecule has 5 nitrogen and oxygen atoms in total. The van der Waals surface area contributed by atoms with Crippen molar-refractivity contribution >= 4 is 16.3 Å². The molecule has 20 heavy (non-hydrogen) atoms. The van der Waals surface area contributed by atoms with Gasteiger partial charge < -0.3 is 10.5 Å². The third kappa shape index (κ3) is 2.37. The summed E-state index contributed by atoms with van der Waals surface area (Å²) in [7, 11) is 0. The molecule has 110 valence electrons. The van der Waals surface area contributed by atoms with Crippen molar-refractivity contribution in [3.8, 4) is 0 Å². The standard InChI is InChI=1S/C14H22N4OS/c1-10-9-20-13-16-11(2)12(18(10)13)8-14(3,15)17-4-6-19-7-5-17/h9H,4-8,15H2,1-3H3. The van der Waals surface area contributed by atoms with E-state index in [2.05, 4.69) is 40.4 Å². The van der Waals surface area contributed by atoms with Crippen molar-refractivity contribution in [1.82, 2.24) is 14.3 Å². The van der Waals surface area contributed by atoms with E-state index in [-0.39, 0.29) is 5.66 Å². The van der Waals surface area contributed by atoms with Gasteiger partial charge in [0.05, 0.1) is 24.6 Å². The van der Waals surface area contributed by atoms with E-state index in [0.717, 1.165) is 43.4 Å². The molecule has 0 radical (unpaired) electrons. The van der Waals surface area contributed by atoms with Gasteiger partial charge in [0.1, 0.15) is 0 Å². The molecule has 0 spiro atoms. The summed E-state index contributed by atoms with van der Waals surface area (Å²) in [6, 6.07) is 0. The Balaban J connectivity index is 1.91.